The molecule has 4 rings (SSSR count). The van der Waals surface area contributed by atoms with Gasteiger partial charge in [0.05, 0.1) is 19.7 Å². The second-order valence-electron chi connectivity index (χ2n) is 7.56. The van der Waals surface area contributed by atoms with Crippen molar-refractivity contribution in [2.45, 2.75) is 24.2 Å². The molecule has 2 aliphatic rings. The first-order valence-corrected chi connectivity index (χ1v) is 10.3. The number of halogens is 1. The van der Waals surface area contributed by atoms with Gasteiger partial charge in [0, 0.05) is 18.2 Å². The summed E-state index contributed by atoms with van der Waals surface area (Å²) in [4.78, 5) is 29.3. The van der Waals surface area contributed by atoms with Crippen molar-refractivity contribution in [3.8, 4) is 0 Å². The summed E-state index contributed by atoms with van der Waals surface area (Å²) in [5.74, 6) is -1.06. The number of pyridine rings is 1. The molecule has 0 bridgehead atoms. The number of nitrogens with zero attached hydrogens (tertiary/aromatic N) is 2. The van der Waals surface area contributed by atoms with Gasteiger partial charge in [-0.25, -0.2) is 14.6 Å². The molecule has 2 fully saturated rings. The topological polar surface area (TPSA) is 98.2 Å². The fourth-order valence-electron chi connectivity index (χ4n) is 3.95. The van der Waals surface area contributed by atoms with Crippen molar-refractivity contribution in [2.75, 3.05) is 26.3 Å². The predicted molar refractivity (Wildman–Crippen MR) is 109 cm³/mol. The molecule has 0 radical (unpaired) electrons. The Kier molecular flexibility index (Phi) is 5.77. The molecular formula is C21H21BrN2O6. The molecule has 9 heteroatoms. The van der Waals surface area contributed by atoms with Crippen LogP contribution >= 0.6 is 15.9 Å². The van der Waals surface area contributed by atoms with Crippen LogP contribution in [0.2, 0.25) is 0 Å². The van der Waals surface area contributed by atoms with Crippen molar-refractivity contribution in [3.63, 3.8) is 0 Å². The maximum absolute atomic E-state index is 12.4. The first kappa shape index (κ1) is 20.8. The normalized spacial score (nSPS) is 22.0. The number of aliphatic carboxylic acids is 1. The van der Waals surface area contributed by atoms with Crippen LogP contribution in [-0.2, 0) is 31.2 Å². The first-order chi connectivity index (χ1) is 14.4. The van der Waals surface area contributed by atoms with Crippen LogP contribution in [0.4, 0.5) is 4.79 Å². The van der Waals surface area contributed by atoms with Crippen LogP contribution in [0.15, 0.2) is 53.3 Å². The molecule has 8 nitrogen and oxygen atoms in total. The molecule has 2 saturated heterocycles. The molecule has 0 saturated carbocycles. The van der Waals surface area contributed by atoms with Crippen LogP contribution in [0.25, 0.3) is 0 Å². The van der Waals surface area contributed by atoms with Gasteiger partial charge in [0.15, 0.2) is 0 Å². The lowest BCUT2D eigenvalue weighted by Gasteiger charge is -2.46. The van der Waals surface area contributed by atoms with E-state index in [0.29, 0.717) is 24.1 Å². The SMILES string of the molecule is O=C(O)COC1(c2cccnc2Br)COC2(CN(C(=O)OCc3ccccc3)C2)C1. The first-order valence-electron chi connectivity index (χ1n) is 9.48. The van der Waals surface area contributed by atoms with Crippen LogP contribution in [-0.4, -0.2) is 59.0 Å². The predicted octanol–water partition coefficient (Wildman–Crippen LogP) is 2.95. The molecule has 30 heavy (non-hydrogen) atoms. The van der Waals surface area contributed by atoms with E-state index in [-0.39, 0.29) is 13.2 Å². The monoisotopic (exact) mass is 476 g/mol. The van der Waals surface area contributed by atoms with Crippen molar-refractivity contribution in [1.82, 2.24) is 9.88 Å². The number of aromatic nitrogens is 1. The average molecular weight is 477 g/mol. The number of ether oxygens (including phenoxy) is 3. The zero-order valence-corrected chi connectivity index (χ0v) is 17.7. The fourth-order valence-corrected chi connectivity index (χ4v) is 4.57. The third-order valence-corrected chi connectivity index (χ3v) is 5.99. The summed E-state index contributed by atoms with van der Waals surface area (Å²) in [5.41, 5.74) is 0.0966. The second-order valence-corrected chi connectivity index (χ2v) is 8.31. The maximum Gasteiger partial charge on any atom is 0.410 e. The third-order valence-electron chi connectivity index (χ3n) is 5.36. The van der Waals surface area contributed by atoms with Gasteiger partial charge in [-0.3, -0.25) is 0 Å². The molecule has 2 aliphatic heterocycles. The summed E-state index contributed by atoms with van der Waals surface area (Å²) in [7, 11) is 0. The zero-order valence-electron chi connectivity index (χ0n) is 16.1. The lowest BCUT2D eigenvalue weighted by atomic mass is 9.82. The largest absolute Gasteiger partial charge is 0.480 e. The van der Waals surface area contributed by atoms with Gasteiger partial charge in [-0.1, -0.05) is 36.4 Å². The Hall–Kier alpha value is -2.49. The highest BCUT2D eigenvalue weighted by atomic mass is 79.9. The summed E-state index contributed by atoms with van der Waals surface area (Å²) >= 11 is 3.43. The van der Waals surface area contributed by atoms with E-state index in [4.69, 9.17) is 19.3 Å². The summed E-state index contributed by atoms with van der Waals surface area (Å²) in [6.07, 6.45) is 1.65. The van der Waals surface area contributed by atoms with Crippen LogP contribution in [0.1, 0.15) is 17.5 Å². The number of carboxylic acid groups (broad SMARTS) is 1. The van der Waals surface area contributed by atoms with Gasteiger partial charge in [-0.05, 0) is 27.6 Å². The van der Waals surface area contributed by atoms with Crippen LogP contribution in [0.5, 0.6) is 0 Å². The molecule has 3 heterocycles. The number of amides is 1. The lowest BCUT2D eigenvalue weighted by molar-refractivity contribution is -0.150. The minimum atomic E-state index is -1.06. The molecular weight excluding hydrogens is 456 g/mol. The Labute approximate surface area is 181 Å². The van der Waals surface area contributed by atoms with E-state index in [1.54, 1.807) is 17.2 Å². The molecule has 1 amide bonds. The number of rotatable bonds is 6. The lowest BCUT2D eigenvalue weighted by Crippen LogP contribution is -2.63. The van der Waals surface area contributed by atoms with Crippen LogP contribution in [0, 0.1) is 0 Å². The summed E-state index contributed by atoms with van der Waals surface area (Å²) in [6, 6.07) is 13.1. The van der Waals surface area contributed by atoms with Crippen LogP contribution in [0.3, 0.4) is 0 Å². The number of benzene rings is 1. The van der Waals surface area contributed by atoms with Gasteiger partial charge in [0.25, 0.3) is 0 Å². The number of hydrogen-bond donors (Lipinski definition) is 1. The molecule has 1 N–H and O–H groups in total. The number of hydrogen-bond acceptors (Lipinski definition) is 6. The molecule has 1 aromatic carbocycles. The van der Waals surface area contributed by atoms with Crippen molar-refractivity contribution in [1.29, 1.82) is 0 Å². The molecule has 1 unspecified atom stereocenters. The van der Waals surface area contributed by atoms with Crippen molar-refractivity contribution in [2.24, 2.45) is 0 Å². The van der Waals surface area contributed by atoms with E-state index < -0.39 is 29.9 Å². The quantitative estimate of drug-likeness (QED) is 0.639. The molecule has 2 aromatic rings. The van der Waals surface area contributed by atoms with Gasteiger partial charge in [0.1, 0.15) is 29.0 Å². The summed E-state index contributed by atoms with van der Waals surface area (Å²) in [5, 5.41) is 9.11. The zero-order chi connectivity index (χ0) is 21.2. The number of carbonyl (C=O) groups excluding carboxylic acids is 1. The highest BCUT2D eigenvalue weighted by Crippen LogP contribution is 2.48. The van der Waals surface area contributed by atoms with Gasteiger partial charge >= 0.3 is 12.1 Å². The minimum absolute atomic E-state index is 0.178. The van der Waals surface area contributed by atoms with Gasteiger partial charge in [-0.15, -0.1) is 0 Å². The van der Waals surface area contributed by atoms with E-state index in [1.807, 2.05) is 36.4 Å². The molecule has 158 valence electrons. The second kappa shape index (κ2) is 8.33. The molecule has 0 aliphatic carbocycles. The number of carbonyl (C=O) groups is 2. The van der Waals surface area contributed by atoms with Gasteiger partial charge in [-0.2, -0.15) is 0 Å². The highest BCUT2D eigenvalue weighted by molar-refractivity contribution is 9.10. The van der Waals surface area contributed by atoms with Crippen molar-refractivity contribution >= 4 is 28.0 Å². The maximum atomic E-state index is 12.4. The Balaban J connectivity index is 1.41. The molecule has 1 spiro atoms. The van der Waals surface area contributed by atoms with E-state index in [0.717, 1.165) is 11.1 Å². The Bertz CT molecular complexity index is 934. The number of carboxylic acids is 1. The number of likely N-dealkylation sites (tertiary alicyclic amines) is 1. The van der Waals surface area contributed by atoms with Crippen molar-refractivity contribution < 1.29 is 28.9 Å². The van der Waals surface area contributed by atoms with E-state index >= 15 is 0 Å². The Morgan fingerprint density at radius 2 is 1.97 bits per heavy atom. The summed E-state index contributed by atoms with van der Waals surface area (Å²) in [6.45, 7) is 0.646. The molecule has 1 aromatic heterocycles. The van der Waals surface area contributed by atoms with Crippen molar-refractivity contribution in [3.05, 3.63) is 64.4 Å². The van der Waals surface area contributed by atoms with E-state index in [1.165, 1.54) is 0 Å². The van der Waals surface area contributed by atoms with E-state index in [2.05, 4.69) is 20.9 Å². The Morgan fingerprint density at radius 3 is 2.67 bits per heavy atom. The van der Waals surface area contributed by atoms with Gasteiger partial charge < -0.3 is 24.2 Å². The minimum Gasteiger partial charge on any atom is -0.480 e. The summed E-state index contributed by atoms with van der Waals surface area (Å²) < 4.78 is 17.8. The third kappa shape index (κ3) is 4.19. The smallest absolute Gasteiger partial charge is 0.410 e. The Morgan fingerprint density at radius 1 is 1.20 bits per heavy atom. The van der Waals surface area contributed by atoms with Gasteiger partial charge in [0.2, 0.25) is 0 Å². The average Bonchev–Trinajstić information content (AvgIpc) is 3.12. The highest BCUT2D eigenvalue weighted by Gasteiger charge is 2.59. The van der Waals surface area contributed by atoms with Crippen LogP contribution < -0.4 is 0 Å². The van der Waals surface area contributed by atoms with E-state index in [9.17, 15) is 9.59 Å². The molecule has 1 atom stereocenters. The fraction of sp³-hybridized carbons (Fsp3) is 0.381. The standard InChI is InChI=1S/C21H21BrN2O6/c22-18-16(7-4-8-23-18)21(29-10-17(25)26)11-20(30-14-21)12-24(13-20)19(27)28-9-15-5-2-1-3-6-15/h1-8H,9-14H2,(H,25,26).